The Morgan fingerprint density at radius 1 is 1.33 bits per heavy atom. The number of ketones is 1. The predicted octanol–water partition coefficient (Wildman–Crippen LogP) is 2.94. The Morgan fingerprint density at radius 3 is 2.39 bits per heavy atom. The molecule has 4 nitrogen and oxygen atoms in total. The summed E-state index contributed by atoms with van der Waals surface area (Å²) in [5.74, 6) is -0.447. The molecule has 0 aliphatic heterocycles. The van der Waals surface area contributed by atoms with Crippen molar-refractivity contribution in [3.05, 3.63) is 29.1 Å². The van der Waals surface area contributed by atoms with Gasteiger partial charge in [-0.3, -0.25) is 9.78 Å². The maximum atomic E-state index is 11.8. The number of nitrogens with zero attached hydrogens (tertiary/aromatic N) is 1. The fourth-order valence-corrected chi connectivity index (χ4v) is 1.48. The highest BCUT2D eigenvalue weighted by atomic mass is 16.6. The number of ether oxygens (including phenoxy) is 1. The van der Waals surface area contributed by atoms with Gasteiger partial charge in [0.05, 0.1) is 5.56 Å². The minimum Gasteiger partial charge on any atom is -0.456 e. The lowest BCUT2D eigenvalue weighted by atomic mass is 10.1. The van der Waals surface area contributed by atoms with Crippen molar-refractivity contribution in [2.75, 3.05) is 0 Å². The number of hydrogen-bond donors (Lipinski definition) is 0. The number of Topliss-reactive ketones (excluding diaryl/α,β-unsaturated/α-hetero) is 1. The van der Waals surface area contributed by atoms with Crippen molar-refractivity contribution >= 4 is 11.8 Å². The van der Waals surface area contributed by atoms with Crippen LogP contribution in [0.3, 0.4) is 0 Å². The van der Waals surface area contributed by atoms with E-state index < -0.39 is 11.6 Å². The summed E-state index contributed by atoms with van der Waals surface area (Å²) in [6.45, 7) is 8.97. The molecule has 0 fully saturated rings. The van der Waals surface area contributed by atoms with E-state index in [-0.39, 0.29) is 5.78 Å². The highest BCUT2D eigenvalue weighted by molar-refractivity contribution is 5.96. The fourth-order valence-electron chi connectivity index (χ4n) is 1.48. The van der Waals surface area contributed by atoms with Gasteiger partial charge in [-0.25, -0.2) is 4.79 Å². The zero-order valence-electron chi connectivity index (χ0n) is 11.5. The molecule has 1 heterocycles. The highest BCUT2D eigenvalue weighted by Crippen LogP contribution is 2.14. The second-order valence-corrected chi connectivity index (χ2v) is 5.17. The van der Waals surface area contributed by atoms with Gasteiger partial charge in [-0.05, 0) is 39.3 Å². The molecule has 1 aromatic heterocycles. The summed E-state index contributed by atoms with van der Waals surface area (Å²) in [7, 11) is 0. The molecular weight excluding hydrogens is 230 g/mol. The van der Waals surface area contributed by atoms with E-state index >= 15 is 0 Å². The van der Waals surface area contributed by atoms with Gasteiger partial charge in [-0.15, -0.1) is 0 Å². The first-order valence-corrected chi connectivity index (χ1v) is 5.97. The summed E-state index contributed by atoms with van der Waals surface area (Å²) < 4.78 is 5.24. The fraction of sp³-hybridized carbons (Fsp3) is 0.500. The molecule has 0 N–H and O–H groups in total. The molecular formula is C14H19NO3. The zero-order chi connectivity index (χ0) is 13.9. The standard InChI is InChI=1S/C14H19NO3/c1-6-11(16)12-9(2)7-10(8-15-12)13(17)18-14(3,4)5/h7-8H,6H2,1-5H3. The molecule has 1 aromatic rings. The average Bonchev–Trinajstić information content (AvgIpc) is 2.25. The van der Waals surface area contributed by atoms with Crippen molar-refractivity contribution in [3.63, 3.8) is 0 Å². The number of pyridine rings is 1. The van der Waals surface area contributed by atoms with Gasteiger partial charge < -0.3 is 4.74 Å². The predicted molar refractivity (Wildman–Crippen MR) is 68.8 cm³/mol. The maximum Gasteiger partial charge on any atom is 0.340 e. The Bertz CT molecular complexity index is 472. The van der Waals surface area contributed by atoms with Gasteiger partial charge >= 0.3 is 5.97 Å². The molecule has 4 heteroatoms. The van der Waals surface area contributed by atoms with E-state index in [1.54, 1.807) is 40.7 Å². The normalized spacial score (nSPS) is 11.2. The molecule has 0 bridgehead atoms. The molecule has 0 spiro atoms. The molecule has 1 rings (SSSR count). The first-order valence-electron chi connectivity index (χ1n) is 5.97. The number of hydrogen-bond acceptors (Lipinski definition) is 4. The van der Waals surface area contributed by atoms with Crippen molar-refractivity contribution in [3.8, 4) is 0 Å². The number of aromatic nitrogens is 1. The average molecular weight is 249 g/mol. The molecule has 0 radical (unpaired) electrons. The largest absolute Gasteiger partial charge is 0.456 e. The van der Waals surface area contributed by atoms with Crippen LogP contribution in [0, 0.1) is 6.92 Å². The second kappa shape index (κ2) is 5.29. The van der Waals surface area contributed by atoms with Crippen LogP contribution in [-0.2, 0) is 4.74 Å². The lowest BCUT2D eigenvalue weighted by Gasteiger charge is -2.19. The lowest BCUT2D eigenvalue weighted by molar-refractivity contribution is 0.00687. The quantitative estimate of drug-likeness (QED) is 0.610. The molecule has 0 aliphatic carbocycles. The van der Waals surface area contributed by atoms with E-state index in [1.165, 1.54) is 6.20 Å². The van der Waals surface area contributed by atoms with Gasteiger partial charge in [0.1, 0.15) is 11.3 Å². The van der Waals surface area contributed by atoms with Crippen molar-refractivity contribution in [1.29, 1.82) is 0 Å². The topological polar surface area (TPSA) is 56.3 Å². The first kappa shape index (κ1) is 14.4. The summed E-state index contributed by atoms with van der Waals surface area (Å²) >= 11 is 0. The maximum absolute atomic E-state index is 11.8. The third-order valence-electron chi connectivity index (χ3n) is 2.30. The number of esters is 1. The summed E-state index contributed by atoms with van der Waals surface area (Å²) in [4.78, 5) is 27.4. The van der Waals surface area contributed by atoms with Crippen LogP contribution < -0.4 is 0 Å². The SMILES string of the molecule is CCC(=O)c1ncc(C(=O)OC(C)(C)C)cc1C. The van der Waals surface area contributed by atoms with Crippen LogP contribution in [-0.4, -0.2) is 22.3 Å². The Labute approximate surface area is 107 Å². The van der Waals surface area contributed by atoms with Gasteiger partial charge in [-0.2, -0.15) is 0 Å². The van der Waals surface area contributed by atoms with Gasteiger partial charge in [0.15, 0.2) is 5.78 Å². The lowest BCUT2D eigenvalue weighted by Crippen LogP contribution is -2.24. The van der Waals surface area contributed by atoms with Crippen molar-refractivity contribution in [2.45, 2.75) is 46.6 Å². The molecule has 0 aromatic carbocycles. The molecule has 0 amide bonds. The van der Waals surface area contributed by atoms with Crippen LogP contribution in [0.5, 0.6) is 0 Å². The highest BCUT2D eigenvalue weighted by Gasteiger charge is 2.19. The van der Waals surface area contributed by atoms with Gasteiger partial charge in [-0.1, -0.05) is 6.92 Å². The summed E-state index contributed by atoms with van der Waals surface area (Å²) in [5.41, 5.74) is 0.952. The monoisotopic (exact) mass is 249 g/mol. The minimum absolute atomic E-state index is 0.0248. The van der Waals surface area contributed by atoms with Crippen LogP contribution in [0.2, 0.25) is 0 Å². The summed E-state index contributed by atoms with van der Waals surface area (Å²) in [5, 5.41) is 0. The van der Waals surface area contributed by atoms with Crippen molar-refractivity contribution in [2.24, 2.45) is 0 Å². The van der Waals surface area contributed by atoms with Crippen LogP contribution >= 0.6 is 0 Å². The number of rotatable bonds is 3. The zero-order valence-corrected chi connectivity index (χ0v) is 11.5. The molecule has 0 saturated carbocycles. The molecule has 98 valence electrons. The Morgan fingerprint density at radius 2 is 1.94 bits per heavy atom. The van der Waals surface area contributed by atoms with E-state index in [0.29, 0.717) is 23.2 Å². The third-order valence-corrected chi connectivity index (χ3v) is 2.30. The summed E-state index contributed by atoms with van der Waals surface area (Å²) in [6.07, 6.45) is 1.80. The molecule has 0 unspecified atom stereocenters. The van der Waals surface area contributed by atoms with Crippen LogP contribution in [0.15, 0.2) is 12.3 Å². The van der Waals surface area contributed by atoms with Crippen molar-refractivity contribution in [1.82, 2.24) is 4.98 Å². The Hall–Kier alpha value is -1.71. The van der Waals surface area contributed by atoms with Gasteiger partial charge in [0.2, 0.25) is 0 Å². The molecule has 18 heavy (non-hydrogen) atoms. The molecule has 0 aliphatic rings. The Kier molecular flexibility index (Phi) is 4.22. The van der Waals surface area contributed by atoms with Crippen LogP contribution in [0.1, 0.15) is 60.5 Å². The summed E-state index contributed by atoms with van der Waals surface area (Å²) in [6, 6.07) is 1.64. The number of carbonyl (C=O) groups is 2. The van der Waals surface area contributed by atoms with E-state index in [1.807, 2.05) is 0 Å². The first-order chi connectivity index (χ1) is 8.24. The second-order valence-electron chi connectivity index (χ2n) is 5.17. The van der Waals surface area contributed by atoms with E-state index in [2.05, 4.69) is 4.98 Å². The Balaban J connectivity index is 2.98. The minimum atomic E-state index is -0.539. The van der Waals surface area contributed by atoms with Gasteiger partial charge in [0.25, 0.3) is 0 Å². The van der Waals surface area contributed by atoms with Gasteiger partial charge in [0, 0.05) is 12.6 Å². The van der Waals surface area contributed by atoms with Crippen LogP contribution in [0.25, 0.3) is 0 Å². The van der Waals surface area contributed by atoms with E-state index in [0.717, 1.165) is 0 Å². The van der Waals surface area contributed by atoms with Crippen molar-refractivity contribution < 1.29 is 14.3 Å². The molecule has 0 saturated heterocycles. The smallest absolute Gasteiger partial charge is 0.340 e. The number of carbonyl (C=O) groups excluding carboxylic acids is 2. The molecule has 0 atom stereocenters. The van der Waals surface area contributed by atoms with E-state index in [9.17, 15) is 9.59 Å². The number of aryl methyl sites for hydroxylation is 1. The van der Waals surface area contributed by atoms with Crippen LogP contribution in [0.4, 0.5) is 0 Å². The third kappa shape index (κ3) is 3.65. The van der Waals surface area contributed by atoms with E-state index in [4.69, 9.17) is 4.74 Å².